The molecule has 1 amide bonds. The Morgan fingerprint density at radius 3 is 2.31 bits per heavy atom. The van der Waals surface area contributed by atoms with Gasteiger partial charge in [0.05, 0.1) is 37.7 Å². The molecule has 0 saturated carbocycles. The third-order valence-electron chi connectivity index (χ3n) is 6.44. The number of Topliss-reactive ketones (excluding diaryl/α,β-unsaturated/α-hetero) is 1. The lowest BCUT2D eigenvalue weighted by atomic mass is 9.85. The van der Waals surface area contributed by atoms with E-state index in [2.05, 4.69) is 0 Å². The van der Waals surface area contributed by atoms with Gasteiger partial charge in [-0.15, -0.1) is 0 Å². The van der Waals surface area contributed by atoms with Crippen LogP contribution in [0.15, 0.2) is 30.3 Å². The Morgan fingerprint density at radius 2 is 1.72 bits per heavy atom. The van der Waals surface area contributed by atoms with Gasteiger partial charge in [0.1, 0.15) is 5.78 Å². The zero-order chi connectivity index (χ0) is 23.7. The summed E-state index contributed by atoms with van der Waals surface area (Å²) in [5, 5.41) is 0. The van der Waals surface area contributed by atoms with Crippen LogP contribution in [-0.2, 0) is 35.0 Å². The van der Waals surface area contributed by atoms with Crippen molar-refractivity contribution < 1.29 is 28.6 Å². The highest BCUT2D eigenvalue weighted by Crippen LogP contribution is 2.29. The predicted molar refractivity (Wildman–Crippen MR) is 121 cm³/mol. The molecule has 0 bridgehead atoms. The first kappa shape index (κ1) is 26.0. The van der Waals surface area contributed by atoms with Crippen LogP contribution in [0.1, 0.15) is 45.1 Å². The number of nitrogens with zero attached hydrogens (tertiary/aromatic N) is 1. The maximum atomic E-state index is 13.2. The van der Waals surface area contributed by atoms with E-state index in [1.165, 1.54) is 7.11 Å². The van der Waals surface area contributed by atoms with E-state index in [1.807, 2.05) is 49.1 Å². The van der Waals surface area contributed by atoms with Gasteiger partial charge in [-0.25, -0.2) is 0 Å². The maximum Gasteiger partial charge on any atom is 0.309 e. The number of likely N-dealkylation sites (tertiary alicyclic amines) is 1. The molecule has 1 saturated heterocycles. The highest BCUT2D eigenvalue weighted by atomic mass is 16.5. The van der Waals surface area contributed by atoms with E-state index in [9.17, 15) is 14.4 Å². The lowest BCUT2D eigenvalue weighted by molar-refractivity contribution is -0.148. The van der Waals surface area contributed by atoms with Crippen LogP contribution in [0.5, 0.6) is 0 Å². The minimum Gasteiger partial charge on any atom is -0.469 e. The van der Waals surface area contributed by atoms with Crippen molar-refractivity contribution in [2.75, 3.05) is 27.9 Å². The molecular weight excluding hydrogens is 410 g/mol. The molecule has 178 valence electrons. The summed E-state index contributed by atoms with van der Waals surface area (Å²) in [6.07, 6.45) is 1.87. The van der Waals surface area contributed by atoms with Gasteiger partial charge in [-0.05, 0) is 31.7 Å². The lowest BCUT2D eigenvalue weighted by Crippen LogP contribution is -2.48. The van der Waals surface area contributed by atoms with Gasteiger partial charge in [0.25, 0.3) is 0 Å². The molecule has 0 N–H and O–H groups in total. The molecule has 7 heteroatoms. The summed E-state index contributed by atoms with van der Waals surface area (Å²) in [5.41, 5.74) is 0.978. The highest BCUT2D eigenvalue weighted by molar-refractivity contribution is 5.86. The molecule has 5 atom stereocenters. The molecule has 0 aromatic heterocycles. The Hall–Kier alpha value is -2.25. The van der Waals surface area contributed by atoms with E-state index in [4.69, 9.17) is 14.2 Å². The first-order valence-corrected chi connectivity index (χ1v) is 11.3. The second-order valence-electron chi connectivity index (χ2n) is 8.62. The van der Waals surface area contributed by atoms with Crippen molar-refractivity contribution in [2.24, 2.45) is 11.8 Å². The SMILES string of the molecule is COC(=O)[C@@H](CC(=O)[C@H](C)[C@@H](OC)[C@@H]1CCCN1C(=O)C[C@H](C)OC)Cc1ccccc1. The summed E-state index contributed by atoms with van der Waals surface area (Å²) in [6.45, 7) is 4.34. The van der Waals surface area contributed by atoms with E-state index in [1.54, 1.807) is 14.2 Å². The minimum atomic E-state index is -0.557. The smallest absolute Gasteiger partial charge is 0.309 e. The predicted octanol–water partition coefficient (Wildman–Crippen LogP) is 3.04. The number of amides is 1. The van der Waals surface area contributed by atoms with Crippen LogP contribution in [0.4, 0.5) is 0 Å². The van der Waals surface area contributed by atoms with E-state index in [0.717, 1.165) is 18.4 Å². The van der Waals surface area contributed by atoms with Crippen LogP contribution in [-0.4, -0.2) is 68.7 Å². The zero-order valence-corrected chi connectivity index (χ0v) is 19.9. The van der Waals surface area contributed by atoms with Gasteiger partial charge >= 0.3 is 5.97 Å². The highest BCUT2D eigenvalue weighted by Gasteiger charge is 2.40. The van der Waals surface area contributed by atoms with Crippen molar-refractivity contribution in [1.29, 1.82) is 0 Å². The Bertz CT molecular complexity index is 752. The molecule has 0 unspecified atom stereocenters. The van der Waals surface area contributed by atoms with Crippen LogP contribution in [0.2, 0.25) is 0 Å². The average molecular weight is 448 g/mol. The molecule has 7 nitrogen and oxygen atoms in total. The Labute approximate surface area is 191 Å². The molecule has 2 rings (SSSR count). The number of methoxy groups -OCH3 is 3. The van der Waals surface area contributed by atoms with Gasteiger partial charge in [0, 0.05) is 33.1 Å². The number of esters is 1. The van der Waals surface area contributed by atoms with Crippen LogP contribution in [0, 0.1) is 11.8 Å². The summed E-state index contributed by atoms with van der Waals surface area (Å²) < 4.78 is 16.0. The van der Waals surface area contributed by atoms with Gasteiger partial charge in [-0.1, -0.05) is 37.3 Å². The topological polar surface area (TPSA) is 82.1 Å². The number of rotatable bonds is 12. The third-order valence-corrected chi connectivity index (χ3v) is 6.44. The van der Waals surface area contributed by atoms with Crippen molar-refractivity contribution >= 4 is 17.7 Å². The average Bonchev–Trinajstić information content (AvgIpc) is 3.28. The van der Waals surface area contributed by atoms with Crippen LogP contribution in [0.3, 0.4) is 0 Å². The number of carbonyl (C=O) groups is 3. The zero-order valence-electron chi connectivity index (χ0n) is 19.9. The lowest BCUT2D eigenvalue weighted by Gasteiger charge is -2.34. The summed E-state index contributed by atoms with van der Waals surface area (Å²) in [4.78, 5) is 40.2. The second-order valence-corrected chi connectivity index (χ2v) is 8.62. The maximum absolute atomic E-state index is 13.2. The van der Waals surface area contributed by atoms with Gasteiger partial charge in [0.2, 0.25) is 5.91 Å². The first-order valence-electron chi connectivity index (χ1n) is 11.3. The molecule has 1 fully saturated rings. The Balaban J connectivity index is 2.09. The number of ether oxygens (including phenoxy) is 3. The second kappa shape index (κ2) is 12.7. The molecule has 1 aromatic rings. The summed E-state index contributed by atoms with van der Waals surface area (Å²) >= 11 is 0. The van der Waals surface area contributed by atoms with Crippen molar-refractivity contribution in [1.82, 2.24) is 4.90 Å². The normalized spacial score (nSPS) is 19.8. The molecule has 0 aliphatic carbocycles. The van der Waals surface area contributed by atoms with Crippen molar-refractivity contribution in [2.45, 2.75) is 64.2 Å². The van der Waals surface area contributed by atoms with Crippen molar-refractivity contribution in [3.8, 4) is 0 Å². The largest absolute Gasteiger partial charge is 0.469 e. The number of benzene rings is 1. The Kier molecular flexibility index (Phi) is 10.3. The fourth-order valence-corrected chi connectivity index (χ4v) is 4.50. The summed E-state index contributed by atoms with van der Waals surface area (Å²) in [5.74, 6) is -1.46. The van der Waals surface area contributed by atoms with Gasteiger partial charge in [0.15, 0.2) is 0 Å². The first-order chi connectivity index (χ1) is 15.3. The van der Waals surface area contributed by atoms with Crippen LogP contribution >= 0.6 is 0 Å². The molecule has 1 aliphatic heterocycles. The van der Waals surface area contributed by atoms with E-state index in [0.29, 0.717) is 19.4 Å². The van der Waals surface area contributed by atoms with Gasteiger partial charge in [-0.2, -0.15) is 0 Å². The standard InChI is InChI=1S/C25H37NO6/c1-17(30-3)14-23(28)26-13-9-12-21(26)24(31-4)18(2)22(27)16-20(25(29)32-5)15-19-10-7-6-8-11-19/h6-8,10-11,17-18,20-21,24H,9,12-16H2,1-5H3/t17-,18-,20+,21-,24+/m0/s1. The van der Waals surface area contributed by atoms with Gasteiger partial charge in [-0.3, -0.25) is 14.4 Å². The van der Waals surface area contributed by atoms with Crippen LogP contribution < -0.4 is 0 Å². The molecular formula is C25H37NO6. The van der Waals surface area contributed by atoms with Crippen molar-refractivity contribution in [3.05, 3.63) is 35.9 Å². The number of carbonyl (C=O) groups excluding carboxylic acids is 3. The number of ketones is 1. The molecule has 0 radical (unpaired) electrons. The summed E-state index contributed by atoms with van der Waals surface area (Å²) in [6, 6.07) is 9.43. The van der Waals surface area contributed by atoms with E-state index in [-0.39, 0.29) is 30.3 Å². The minimum absolute atomic E-state index is 0.0139. The molecule has 1 aliphatic rings. The van der Waals surface area contributed by atoms with E-state index < -0.39 is 23.9 Å². The van der Waals surface area contributed by atoms with Crippen molar-refractivity contribution in [3.63, 3.8) is 0 Å². The summed E-state index contributed by atoms with van der Waals surface area (Å²) in [7, 11) is 4.51. The third kappa shape index (κ3) is 6.87. The number of hydrogen-bond donors (Lipinski definition) is 0. The number of hydrogen-bond acceptors (Lipinski definition) is 6. The fourth-order valence-electron chi connectivity index (χ4n) is 4.50. The molecule has 1 heterocycles. The van der Waals surface area contributed by atoms with E-state index >= 15 is 0 Å². The fraction of sp³-hybridized carbons (Fsp3) is 0.640. The molecule has 1 aromatic carbocycles. The quantitative estimate of drug-likeness (QED) is 0.458. The molecule has 32 heavy (non-hydrogen) atoms. The van der Waals surface area contributed by atoms with Gasteiger partial charge < -0.3 is 19.1 Å². The Morgan fingerprint density at radius 1 is 1.03 bits per heavy atom. The van der Waals surface area contributed by atoms with Crippen LogP contribution in [0.25, 0.3) is 0 Å². The monoisotopic (exact) mass is 447 g/mol. The molecule has 0 spiro atoms.